The molecule has 3 heteroatoms. The molecule has 0 N–H and O–H groups in total. The fourth-order valence-corrected chi connectivity index (χ4v) is 10.5. The Kier molecular flexibility index (Phi) is 5.71. The molecule has 2 nitrogen and oxygen atoms in total. The molecule has 244 valence electrons. The molecule has 0 fully saturated rings. The lowest BCUT2D eigenvalue weighted by Crippen LogP contribution is -2.16. The van der Waals surface area contributed by atoms with Gasteiger partial charge in [0.25, 0.3) is 0 Å². The van der Waals surface area contributed by atoms with Crippen LogP contribution in [0.5, 0.6) is 0 Å². The van der Waals surface area contributed by atoms with Crippen molar-refractivity contribution >= 4 is 70.5 Å². The van der Waals surface area contributed by atoms with Crippen LogP contribution in [0.4, 0.5) is 17.1 Å². The minimum Gasteiger partial charge on any atom is -0.456 e. The zero-order valence-corrected chi connectivity index (χ0v) is 29.9. The number of furan rings is 1. The molecule has 2 aliphatic carbocycles. The standard InChI is InChI=1S/C48H35NOS/c1-47(2)35-16-8-5-13-29(35)31-24-23-28(25-37(31)47)49(40-19-12-22-44-46(40)32-15-7-10-21-43(32)51-44)39-18-11-20-41-45(39)34-26-33-30-14-6-9-17-36(30)48(3,4)38(33)27-42(34)50-41/h5-27H,1-4H3. The molecule has 11 rings (SSSR count). The summed E-state index contributed by atoms with van der Waals surface area (Å²) in [5.41, 5.74) is 15.8. The largest absolute Gasteiger partial charge is 0.456 e. The van der Waals surface area contributed by atoms with Crippen LogP contribution in [0.15, 0.2) is 144 Å². The fraction of sp³-hybridized carbons (Fsp3) is 0.125. The molecule has 0 unspecified atom stereocenters. The first-order valence-electron chi connectivity index (χ1n) is 17.9. The average Bonchev–Trinajstić information content (AvgIpc) is 3.84. The highest BCUT2D eigenvalue weighted by Crippen LogP contribution is 2.55. The molecule has 7 aromatic carbocycles. The number of thiophene rings is 1. The maximum Gasteiger partial charge on any atom is 0.137 e. The lowest BCUT2D eigenvalue weighted by Gasteiger charge is -2.29. The van der Waals surface area contributed by atoms with Crippen molar-refractivity contribution in [2.45, 2.75) is 38.5 Å². The Bertz CT molecular complexity index is 2940. The minimum absolute atomic E-state index is 0.0988. The van der Waals surface area contributed by atoms with E-state index in [-0.39, 0.29) is 10.8 Å². The number of hydrogen-bond acceptors (Lipinski definition) is 3. The Labute approximate surface area is 301 Å². The molecule has 2 aromatic heterocycles. The molecule has 2 aliphatic rings. The first-order chi connectivity index (χ1) is 24.8. The maximum absolute atomic E-state index is 6.80. The van der Waals surface area contributed by atoms with E-state index in [1.807, 2.05) is 11.3 Å². The van der Waals surface area contributed by atoms with Crippen LogP contribution in [-0.2, 0) is 10.8 Å². The zero-order chi connectivity index (χ0) is 34.2. The molecule has 0 radical (unpaired) electrons. The summed E-state index contributed by atoms with van der Waals surface area (Å²) in [6, 6.07) is 51.7. The number of benzene rings is 7. The van der Waals surface area contributed by atoms with E-state index in [1.165, 1.54) is 70.4 Å². The van der Waals surface area contributed by atoms with Crippen LogP contribution in [-0.4, -0.2) is 0 Å². The molecular formula is C48H35NOS. The van der Waals surface area contributed by atoms with E-state index in [0.717, 1.165) is 33.3 Å². The third-order valence-electron chi connectivity index (χ3n) is 11.9. The Morgan fingerprint density at radius 1 is 0.451 bits per heavy atom. The van der Waals surface area contributed by atoms with Gasteiger partial charge in [-0.25, -0.2) is 0 Å². The van der Waals surface area contributed by atoms with Crippen LogP contribution in [0.2, 0.25) is 0 Å². The quantitative estimate of drug-likeness (QED) is 0.186. The van der Waals surface area contributed by atoms with Gasteiger partial charge in [-0.3, -0.25) is 0 Å². The van der Waals surface area contributed by atoms with Gasteiger partial charge in [-0.05, 0) is 99.1 Å². The molecule has 0 saturated heterocycles. The van der Waals surface area contributed by atoms with Crippen LogP contribution in [0.1, 0.15) is 49.9 Å². The number of anilines is 3. The topological polar surface area (TPSA) is 16.4 Å². The van der Waals surface area contributed by atoms with Crippen LogP contribution < -0.4 is 4.90 Å². The van der Waals surface area contributed by atoms with Crippen molar-refractivity contribution in [3.63, 3.8) is 0 Å². The van der Waals surface area contributed by atoms with Gasteiger partial charge in [0, 0.05) is 42.1 Å². The average molecular weight is 674 g/mol. The monoisotopic (exact) mass is 673 g/mol. The normalized spacial score (nSPS) is 15.0. The predicted octanol–water partition coefficient (Wildman–Crippen LogP) is 14.0. The van der Waals surface area contributed by atoms with Crippen molar-refractivity contribution in [3.05, 3.63) is 162 Å². The molecule has 0 spiro atoms. The van der Waals surface area contributed by atoms with Gasteiger partial charge in [0.05, 0.1) is 16.8 Å². The van der Waals surface area contributed by atoms with Gasteiger partial charge in [0.15, 0.2) is 0 Å². The molecule has 0 aliphatic heterocycles. The Morgan fingerprint density at radius 3 is 1.84 bits per heavy atom. The summed E-state index contributed by atoms with van der Waals surface area (Å²) < 4.78 is 9.39. The third kappa shape index (κ3) is 3.82. The van der Waals surface area contributed by atoms with Crippen molar-refractivity contribution in [3.8, 4) is 22.3 Å². The summed E-state index contributed by atoms with van der Waals surface area (Å²) >= 11 is 1.86. The summed E-state index contributed by atoms with van der Waals surface area (Å²) in [4.78, 5) is 2.50. The lowest BCUT2D eigenvalue weighted by atomic mass is 9.82. The van der Waals surface area contributed by atoms with Gasteiger partial charge in [-0.15, -0.1) is 11.3 Å². The SMILES string of the molecule is CC1(C)c2ccccc2-c2ccc(N(c3cccc4oc5cc6c(cc5c34)-c3ccccc3C6(C)C)c3cccc4sc5ccccc5c34)cc21. The van der Waals surface area contributed by atoms with Crippen LogP contribution >= 0.6 is 11.3 Å². The van der Waals surface area contributed by atoms with E-state index in [2.05, 4.69) is 172 Å². The molecule has 2 heterocycles. The third-order valence-corrected chi connectivity index (χ3v) is 13.0. The van der Waals surface area contributed by atoms with Gasteiger partial charge >= 0.3 is 0 Å². The highest BCUT2D eigenvalue weighted by molar-refractivity contribution is 7.26. The molecule has 9 aromatic rings. The molecular weight excluding hydrogens is 639 g/mol. The van der Waals surface area contributed by atoms with E-state index >= 15 is 0 Å². The number of nitrogens with zero attached hydrogens (tertiary/aromatic N) is 1. The summed E-state index contributed by atoms with van der Waals surface area (Å²) in [5.74, 6) is 0. The van der Waals surface area contributed by atoms with Crippen molar-refractivity contribution in [1.82, 2.24) is 0 Å². The Hall–Kier alpha value is -5.64. The second kappa shape index (κ2) is 9.99. The van der Waals surface area contributed by atoms with Crippen molar-refractivity contribution < 1.29 is 4.42 Å². The summed E-state index contributed by atoms with van der Waals surface area (Å²) in [6.07, 6.45) is 0. The number of fused-ring (bicyclic) bond motifs is 12. The maximum atomic E-state index is 6.80. The van der Waals surface area contributed by atoms with Crippen LogP contribution in [0.25, 0.3) is 64.4 Å². The number of hydrogen-bond donors (Lipinski definition) is 0. The molecule has 0 saturated carbocycles. The Morgan fingerprint density at radius 2 is 1.06 bits per heavy atom. The first kappa shape index (κ1) is 29.1. The van der Waals surface area contributed by atoms with Gasteiger partial charge < -0.3 is 9.32 Å². The van der Waals surface area contributed by atoms with Gasteiger partial charge in [-0.1, -0.05) is 113 Å². The number of rotatable bonds is 3. The predicted molar refractivity (Wildman–Crippen MR) is 216 cm³/mol. The van der Waals surface area contributed by atoms with Gasteiger partial charge in [-0.2, -0.15) is 0 Å². The van der Waals surface area contributed by atoms with E-state index < -0.39 is 0 Å². The minimum atomic E-state index is -0.121. The highest BCUT2D eigenvalue weighted by atomic mass is 32.1. The van der Waals surface area contributed by atoms with E-state index in [1.54, 1.807) is 0 Å². The van der Waals surface area contributed by atoms with Gasteiger partial charge in [0.1, 0.15) is 11.2 Å². The molecule has 51 heavy (non-hydrogen) atoms. The smallest absolute Gasteiger partial charge is 0.137 e. The van der Waals surface area contributed by atoms with Gasteiger partial charge in [0.2, 0.25) is 0 Å². The second-order valence-corrected chi connectivity index (χ2v) is 16.4. The molecule has 0 amide bonds. The van der Waals surface area contributed by atoms with E-state index in [4.69, 9.17) is 4.42 Å². The second-order valence-electron chi connectivity index (χ2n) is 15.3. The fourth-order valence-electron chi connectivity index (χ4n) is 9.37. The van der Waals surface area contributed by atoms with Crippen molar-refractivity contribution in [2.75, 3.05) is 4.90 Å². The molecule has 0 bridgehead atoms. The summed E-state index contributed by atoms with van der Waals surface area (Å²) in [5, 5.41) is 4.85. The van der Waals surface area contributed by atoms with Crippen LogP contribution in [0.3, 0.4) is 0 Å². The lowest BCUT2D eigenvalue weighted by molar-refractivity contribution is 0.647. The van der Waals surface area contributed by atoms with Crippen molar-refractivity contribution in [1.29, 1.82) is 0 Å². The summed E-state index contributed by atoms with van der Waals surface area (Å²) in [7, 11) is 0. The van der Waals surface area contributed by atoms with Crippen LogP contribution in [0, 0.1) is 0 Å². The molecule has 0 atom stereocenters. The summed E-state index contributed by atoms with van der Waals surface area (Å²) in [6.45, 7) is 9.39. The zero-order valence-electron chi connectivity index (χ0n) is 29.0. The van der Waals surface area contributed by atoms with E-state index in [9.17, 15) is 0 Å². The Balaban J connectivity index is 1.23. The highest BCUT2D eigenvalue weighted by Gasteiger charge is 2.38. The first-order valence-corrected chi connectivity index (χ1v) is 18.7. The van der Waals surface area contributed by atoms with E-state index in [0.29, 0.717) is 0 Å². The van der Waals surface area contributed by atoms with Crippen molar-refractivity contribution in [2.24, 2.45) is 0 Å².